The molecule has 0 amide bonds. The quantitative estimate of drug-likeness (QED) is 0.542. The molecule has 0 radical (unpaired) electrons. The Morgan fingerprint density at radius 3 is 2.72 bits per heavy atom. The van der Waals surface area contributed by atoms with E-state index in [9.17, 15) is 8.78 Å². The van der Waals surface area contributed by atoms with Gasteiger partial charge < -0.3 is 4.74 Å². The van der Waals surface area contributed by atoms with Gasteiger partial charge in [-0.15, -0.1) is 0 Å². The van der Waals surface area contributed by atoms with Crippen LogP contribution in [0, 0.1) is 0 Å². The van der Waals surface area contributed by atoms with Gasteiger partial charge in [-0.05, 0) is 24.3 Å². The summed E-state index contributed by atoms with van der Waals surface area (Å²) < 4.78 is 30.7. The van der Waals surface area contributed by atoms with Crippen molar-refractivity contribution in [2.75, 3.05) is 0 Å². The first-order valence-corrected chi connectivity index (χ1v) is 7.65. The number of benzene rings is 2. The van der Waals surface area contributed by atoms with Gasteiger partial charge in [0.05, 0.1) is 23.1 Å². The van der Waals surface area contributed by atoms with Crippen molar-refractivity contribution in [1.82, 2.24) is 14.8 Å². The Hall–Kier alpha value is -3.28. The lowest BCUT2D eigenvalue weighted by Gasteiger charge is -2.06. The normalized spacial score (nSPS) is 11.2. The highest BCUT2D eigenvalue weighted by molar-refractivity contribution is 5.81. The molecule has 2 heterocycles. The second kappa shape index (κ2) is 6.32. The van der Waals surface area contributed by atoms with E-state index in [1.54, 1.807) is 29.2 Å². The van der Waals surface area contributed by atoms with Crippen molar-refractivity contribution < 1.29 is 13.5 Å². The molecule has 4 aromatic rings. The van der Waals surface area contributed by atoms with Gasteiger partial charge in [-0.1, -0.05) is 30.3 Å². The van der Waals surface area contributed by atoms with Crippen LogP contribution in [0.4, 0.5) is 8.78 Å². The molecule has 0 atom stereocenters. The third-order valence-electron chi connectivity index (χ3n) is 3.78. The number of pyridine rings is 1. The molecule has 2 aromatic carbocycles. The minimum Gasteiger partial charge on any atom is -0.435 e. The number of fused-ring (bicyclic) bond motifs is 1. The number of nitrogens with zero attached hydrogens (tertiary/aromatic N) is 3. The molecule has 4 nitrogen and oxygen atoms in total. The average Bonchev–Trinajstić information content (AvgIpc) is 3.11. The van der Waals surface area contributed by atoms with Crippen LogP contribution in [0.1, 0.15) is 0 Å². The van der Waals surface area contributed by atoms with Gasteiger partial charge >= 0.3 is 6.61 Å². The summed E-state index contributed by atoms with van der Waals surface area (Å²) in [7, 11) is 0. The summed E-state index contributed by atoms with van der Waals surface area (Å²) in [5.74, 6) is 0.0911. The van der Waals surface area contributed by atoms with Crippen LogP contribution in [-0.4, -0.2) is 21.4 Å². The minimum atomic E-state index is -2.86. The van der Waals surface area contributed by atoms with Crippen molar-refractivity contribution in [2.45, 2.75) is 6.61 Å². The highest BCUT2D eigenvalue weighted by atomic mass is 19.3. The molecule has 0 spiro atoms. The Morgan fingerprint density at radius 2 is 1.84 bits per heavy atom. The Morgan fingerprint density at radius 1 is 0.960 bits per heavy atom. The molecule has 6 heteroatoms. The Labute approximate surface area is 142 Å². The SMILES string of the molecule is FC(F)Oc1cccc(-n2cc(-c3ccc4ccccc4n3)cn2)c1. The van der Waals surface area contributed by atoms with Crippen molar-refractivity contribution in [2.24, 2.45) is 0 Å². The molecule has 0 aliphatic rings. The first kappa shape index (κ1) is 15.3. The fourth-order valence-corrected chi connectivity index (χ4v) is 2.63. The second-order valence-electron chi connectivity index (χ2n) is 5.44. The van der Waals surface area contributed by atoms with E-state index in [1.165, 1.54) is 12.1 Å². The van der Waals surface area contributed by atoms with Crippen LogP contribution in [0.2, 0.25) is 0 Å². The first-order chi connectivity index (χ1) is 12.2. The number of halogens is 2. The standard InChI is InChI=1S/C19H13F2N3O/c20-19(21)25-16-6-3-5-15(10-16)24-12-14(11-22-24)18-9-8-13-4-1-2-7-17(13)23-18/h1-12,19H. The molecule has 4 rings (SSSR count). The number of hydrogen-bond acceptors (Lipinski definition) is 3. The zero-order valence-corrected chi connectivity index (χ0v) is 13.0. The van der Waals surface area contributed by atoms with Crippen LogP contribution < -0.4 is 4.74 Å². The van der Waals surface area contributed by atoms with Gasteiger partial charge in [0.15, 0.2) is 0 Å². The second-order valence-corrected chi connectivity index (χ2v) is 5.44. The Kier molecular flexibility index (Phi) is 3.85. The predicted octanol–water partition coefficient (Wildman–Crippen LogP) is 4.69. The van der Waals surface area contributed by atoms with Crippen LogP contribution >= 0.6 is 0 Å². The molecular weight excluding hydrogens is 324 g/mol. The molecule has 0 fully saturated rings. The third kappa shape index (κ3) is 3.19. The van der Waals surface area contributed by atoms with Crippen LogP contribution in [0.15, 0.2) is 73.1 Å². The van der Waals surface area contributed by atoms with Gasteiger partial charge in [0.2, 0.25) is 0 Å². The average molecular weight is 337 g/mol. The molecular formula is C19H13F2N3O. The molecule has 0 aliphatic heterocycles. The largest absolute Gasteiger partial charge is 0.435 e. The highest BCUT2D eigenvalue weighted by Crippen LogP contribution is 2.23. The van der Waals surface area contributed by atoms with E-state index in [2.05, 4.69) is 14.8 Å². The lowest BCUT2D eigenvalue weighted by Crippen LogP contribution is -2.02. The van der Waals surface area contributed by atoms with E-state index in [1.807, 2.05) is 36.4 Å². The van der Waals surface area contributed by atoms with E-state index < -0.39 is 6.61 Å². The van der Waals surface area contributed by atoms with Crippen molar-refractivity contribution in [3.8, 4) is 22.7 Å². The number of ether oxygens (including phenoxy) is 1. The third-order valence-corrected chi connectivity index (χ3v) is 3.78. The van der Waals surface area contributed by atoms with Crippen molar-refractivity contribution >= 4 is 10.9 Å². The van der Waals surface area contributed by atoms with Crippen LogP contribution in [0.5, 0.6) is 5.75 Å². The van der Waals surface area contributed by atoms with Crippen LogP contribution in [-0.2, 0) is 0 Å². The van der Waals surface area contributed by atoms with E-state index in [0.717, 1.165) is 22.2 Å². The molecule has 0 bridgehead atoms. The van der Waals surface area contributed by atoms with E-state index in [0.29, 0.717) is 5.69 Å². The van der Waals surface area contributed by atoms with Crippen molar-refractivity contribution in [1.29, 1.82) is 0 Å². The predicted molar refractivity (Wildman–Crippen MR) is 90.9 cm³/mol. The topological polar surface area (TPSA) is 39.9 Å². The minimum absolute atomic E-state index is 0.0911. The molecule has 0 saturated carbocycles. The summed E-state index contributed by atoms with van der Waals surface area (Å²) in [6.45, 7) is -2.86. The molecule has 25 heavy (non-hydrogen) atoms. The molecule has 0 saturated heterocycles. The van der Waals surface area contributed by atoms with Crippen molar-refractivity contribution in [3.05, 3.63) is 73.1 Å². The number of para-hydroxylation sites is 1. The molecule has 0 aliphatic carbocycles. The fraction of sp³-hybridized carbons (Fsp3) is 0.0526. The first-order valence-electron chi connectivity index (χ1n) is 7.65. The van der Waals surface area contributed by atoms with E-state index >= 15 is 0 Å². The molecule has 0 unspecified atom stereocenters. The van der Waals surface area contributed by atoms with Crippen LogP contribution in [0.3, 0.4) is 0 Å². The number of hydrogen-bond donors (Lipinski definition) is 0. The lowest BCUT2D eigenvalue weighted by atomic mass is 10.1. The summed E-state index contributed by atoms with van der Waals surface area (Å²) in [6, 6.07) is 18.2. The summed E-state index contributed by atoms with van der Waals surface area (Å²) in [6.07, 6.45) is 3.50. The number of aromatic nitrogens is 3. The smallest absolute Gasteiger partial charge is 0.387 e. The summed E-state index contributed by atoms with van der Waals surface area (Å²) in [5.41, 5.74) is 3.17. The molecule has 2 aromatic heterocycles. The number of rotatable bonds is 4. The van der Waals surface area contributed by atoms with E-state index in [-0.39, 0.29) is 5.75 Å². The van der Waals surface area contributed by atoms with E-state index in [4.69, 9.17) is 0 Å². The summed E-state index contributed by atoms with van der Waals surface area (Å²) in [4.78, 5) is 4.63. The lowest BCUT2D eigenvalue weighted by molar-refractivity contribution is -0.0498. The van der Waals surface area contributed by atoms with Gasteiger partial charge in [-0.25, -0.2) is 9.67 Å². The van der Waals surface area contributed by atoms with Gasteiger partial charge in [0, 0.05) is 23.2 Å². The highest BCUT2D eigenvalue weighted by Gasteiger charge is 2.08. The summed E-state index contributed by atoms with van der Waals surface area (Å²) >= 11 is 0. The maximum Gasteiger partial charge on any atom is 0.387 e. The van der Waals surface area contributed by atoms with Crippen molar-refractivity contribution in [3.63, 3.8) is 0 Å². The maximum absolute atomic E-state index is 12.4. The fourth-order valence-electron chi connectivity index (χ4n) is 2.63. The van der Waals surface area contributed by atoms with Gasteiger partial charge in [-0.3, -0.25) is 0 Å². The number of alkyl halides is 2. The van der Waals surface area contributed by atoms with Gasteiger partial charge in [-0.2, -0.15) is 13.9 Å². The Balaban J connectivity index is 1.67. The summed E-state index contributed by atoms with van der Waals surface area (Å²) in [5, 5.41) is 5.36. The Bertz CT molecular complexity index is 1030. The zero-order chi connectivity index (χ0) is 17.2. The monoisotopic (exact) mass is 337 g/mol. The van der Waals surface area contributed by atoms with Gasteiger partial charge in [0.1, 0.15) is 5.75 Å². The van der Waals surface area contributed by atoms with Gasteiger partial charge in [0.25, 0.3) is 0 Å². The molecule has 0 N–H and O–H groups in total. The maximum atomic E-state index is 12.4. The van der Waals surface area contributed by atoms with Crippen LogP contribution in [0.25, 0.3) is 27.8 Å². The zero-order valence-electron chi connectivity index (χ0n) is 13.0. The molecule has 124 valence electrons.